The van der Waals surface area contributed by atoms with Crippen LogP contribution in [0.1, 0.15) is 17.4 Å². The third-order valence-electron chi connectivity index (χ3n) is 3.31. The van der Waals surface area contributed by atoms with E-state index < -0.39 is 23.7 Å². The molecule has 0 unspecified atom stereocenters. The Bertz CT molecular complexity index is 912. The molecule has 2 aromatic heterocycles. The summed E-state index contributed by atoms with van der Waals surface area (Å²) in [5.41, 5.74) is 5.65. The standard InChI is InChI=1S/C17H14FN3O3S2/c1-10(24-14-5-3-2-4-12(14)18)15(22)20-21-16(23)13-9-26-17(19-13)11-6-7-25-8-11/h2-10H,1H3,(H,20,22)(H,21,23)/t10-/m1/s1. The molecule has 0 aliphatic heterocycles. The number of rotatable bonds is 5. The van der Waals surface area contributed by atoms with E-state index in [1.165, 1.54) is 47.8 Å². The first-order valence-electron chi connectivity index (χ1n) is 7.54. The summed E-state index contributed by atoms with van der Waals surface area (Å²) >= 11 is 2.87. The van der Waals surface area contributed by atoms with Crippen LogP contribution in [0, 0.1) is 5.82 Å². The molecule has 2 heterocycles. The molecule has 0 fully saturated rings. The number of carbonyl (C=O) groups is 2. The van der Waals surface area contributed by atoms with Gasteiger partial charge in [0, 0.05) is 16.3 Å². The van der Waals surface area contributed by atoms with Gasteiger partial charge in [0.1, 0.15) is 10.7 Å². The summed E-state index contributed by atoms with van der Waals surface area (Å²) in [5.74, 6) is -1.77. The van der Waals surface area contributed by atoms with Gasteiger partial charge in [0.25, 0.3) is 11.8 Å². The SMILES string of the molecule is C[C@@H](Oc1ccccc1F)C(=O)NNC(=O)c1csc(-c2ccsc2)n1. The van der Waals surface area contributed by atoms with Crippen molar-refractivity contribution in [2.45, 2.75) is 13.0 Å². The van der Waals surface area contributed by atoms with Gasteiger partial charge in [0.2, 0.25) is 0 Å². The van der Waals surface area contributed by atoms with Crippen molar-refractivity contribution >= 4 is 34.5 Å². The van der Waals surface area contributed by atoms with E-state index in [2.05, 4.69) is 15.8 Å². The van der Waals surface area contributed by atoms with Crippen molar-refractivity contribution in [1.29, 1.82) is 0 Å². The monoisotopic (exact) mass is 391 g/mol. The minimum absolute atomic E-state index is 0.0404. The fourth-order valence-corrected chi connectivity index (χ4v) is 3.48. The van der Waals surface area contributed by atoms with Crippen molar-refractivity contribution in [3.8, 4) is 16.3 Å². The van der Waals surface area contributed by atoms with E-state index in [0.717, 1.165) is 10.6 Å². The smallest absolute Gasteiger partial charge is 0.289 e. The zero-order chi connectivity index (χ0) is 18.5. The van der Waals surface area contributed by atoms with Gasteiger partial charge in [-0.3, -0.25) is 20.4 Å². The zero-order valence-corrected chi connectivity index (χ0v) is 15.2. The van der Waals surface area contributed by atoms with Crippen LogP contribution in [0.3, 0.4) is 0 Å². The molecule has 26 heavy (non-hydrogen) atoms. The maximum absolute atomic E-state index is 13.5. The summed E-state index contributed by atoms with van der Waals surface area (Å²) in [4.78, 5) is 28.3. The number of amides is 2. The Kier molecular flexibility index (Phi) is 5.59. The molecule has 1 atom stereocenters. The molecule has 0 saturated carbocycles. The molecule has 9 heteroatoms. The first kappa shape index (κ1) is 18.0. The number of hydrogen-bond donors (Lipinski definition) is 2. The predicted molar refractivity (Wildman–Crippen MR) is 97.5 cm³/mol. The highest BCUT2D eigenvalue weighted by molar-refractivity contribution is 7.14. The van der Waals surface area contributed by atoms with Gasteiger partial charge in [-0.2, -0.15) is 11.3 Å². The topological polar surface area (TPSA) is 80.3 Å². The van der Waals surface area contributed by atoms with Crippen LogP contribution in [-0.2, 0) is 4.79 Å². The molecule has 0 radical (unpaired) electrons. The number of thiazole rings is 1. The average molecular weight is 391 g/mol. The Morgan fingerprint density at radius 3 is 2.73 bits per heavy atom. The first-order valence-corrected chi connectivity index (χ1v) is 9.36. The van der Waals surface area contributed by atoms with Gasteiger partial charge in [-0.15, -0.1) is 11.3 Å². The summed E-state index contributed by atoms with van der Waals surface area (Å²) in [7, 11) is 0. The molecule has 0 spiro atoms. The summed E-state index contributed by atoms with van der Waals surface area (Å²) in [6, 6.07) is 7.67. The largest absolute Gasteiger partial charge is 0.478 e. The van der Waals surface area contributed by atoms with E-state index in [4.69, 9.17) is 4.74 Å². The Morgan fingerprint density at radius 2 is 2.00 bits per heavy atom. The summed E-state index contributed by atoms with van der Waals surface area (Å²) < 4.78 is 18.8. The molecule has 0 aliphatic rings. The van der Waals surface area contributed by atoms with E-state index in [-0.39, 0.29) is 11.4 Å². The Hall–Kier alpha value is -2.78. The first-order chi connectivity index (χ1) is 12.5. The number of hydrogen-bond acceptors (Lipinski definition) is 6. The highest BCUT2D eigenvalue weighted by Gasteiger charge is 2.18. The number of nitrogens with zero attached hydrogens (tertiary/aromatic N) is 1. The molecular weight excluding hydrogens is 377 g/mol. The van der Waals surface area contributed by atoms with Crippen LogP contribution < -0.4 is 15.6 Å². The van der Waals surface area contributed by atoms with Gasteiger partial charge in [-0.1, -0.05) is 12.1 Å². The van der Waals surface area contributed by atoms with Gasteiger partial charge in [-0.05, 0) is 30.5 Å². The molecule has 0 aliphatic carbocycles. The molecule has 3 aromatic rings. The number of benzene rings is 1. The molecule has 0 saturated heterocycles. The van der Waals surface area contributed by atoms with Crippen LogP contribution in [0.2, 0.25) is 0 Å². The van der Waals surface area contributed by atoms with Crippen LogP contribution in [0.25, 0.3) is 10.6 Å². The van der Waals surface area contributed by atoms with Gasteiger partial charge in [0.15, 0.2) is 17.7 Å². The maximum Gasteiger partial charge on any atom is 0.289 e. The number of aromatic nitrogens is 1. The Morgan fingerprint density at radius 1 is 1.19 bits per heavy atom. The van der Waals surface area contributed by atoms with Crippen LogP contribution in [0.5, 0.6) is 5.75 Å². The number of thiophene rings is 1. The molecule has 0 bridgehead atoms. The molecule has 134 valence electrons. The third kappa shape index (κ3) is 4.24. The molecular formula is C17H14FN3O3S2. The number of nitrogens with one attached hydrogen (secondary N) is 2. The van der Waals surface area contributed by atoms with Crippen LogP contribution >= 0.6 is 22.7 Å². The lowest BCUT2D eigenvalue weighted by Crippen LogP contribution is -2.47. The fraction of sp³-hybridized carbons (Fsp3) is 0.118. The van der Waals surface area contributed by atoms with Gasteiger partial charge in [0.05, 0.1) is 0 Å². The van der Waals surface area contributed by atoms with Crippen LogP contribution in [-0.4, -0.2) is 22.9 Å². The van der Waals surface area contributed by atoms with Crippen LogP contribution in [0.15, 0.2) is 46.5 Å². The van der Waals surface area contributed by atoms with E-state index >= 15 is 0 Å². The van der Waals surface area contributed by atoms with E-state index in [1.807, 2.05) is 16.8 Å². The Labute approximate surface area is 156 Å². The second-order valence-corrected chi connectivity index (χ2v) is 6.82. The number of carbonyl (C=O) groups excluding carboxylic acids is 2. The summed E-state index contributed by atoms with van der Waals surface area (Å²) in [5, 5.41) is 6.19. The Balaban J connectivity index is 1.54. The number of hydrazine groups is 1. The molecule has 1 aromatic carbocycles. The second-order valence-electron chi connectivity index (χ2n) is 5.18. The lowest BCUT2D eigenvalue weighted by atomic mass is 10.3. The van der Waals surface area contributed by atoms with Crippen molar-refractivity contribution in [1.82, 2.24) is 15.8 Å². The highest BCUT2D eigenvalue weighted by Crippen LogP contribution is 2.25. The van der Waals surface area contributed by atoms with Gasteiger partial charge in [-0.25, -0.2) is 9.37 Å². The van der Waals surface area contributed by atoms with Crippen molar-refractivity contribution in [3.05, 3.63) is 58.0 Å². The number of ether oxygens (including phenoxy) is 1. The molecule has 2 amide bonds. The van der Waals surface area contributed by atoms with Gasteiger partial charge < -0.3 is 4.74 Å². The summed E-state index contributed by atoms with van der Waals surface area (Å²) in [6.45, 7) is 1.45. The fourth-order valence-electron chi connectivity index (χ4n) is 1.97. The van der Waals surface area contributed by atoms with Crippen molar-refractivity contribution in [2.24, 2.45) is 0 Å². The number of halogens is 1. The van der Waals surface area contributed by atoms with E-state index in [0.29, 0.717) is 0 Å². The molecule has 2 N–H and O–H groups in total. The third-order valence-corrected chi connectivity index (χ3v) is 4.89. The quantitative estimate of drug-likeness (QED) is 0.655. The molecule has 3 rings (SSSR count). The normalized spacial score (nSPS) is 11.6. The van der Waals surface area contributed by atoms with Crippen molar-refractivity contribution in [3.63, 3.8) is 0 Å². The lowest BCUT2D eigenvalue weighted by molar-refractivity contribution is -0.128. The highest BCUT2D eigenvalue weighted by atomic mass is 32.1. The van der Waals surface area contributed by atoms with Crippen molar-refractivity contribution < 1.29 is 18.7 Å². The van der Waals surface area contributed by atoms with Crippen molar-refractivity contribution in [2.75, 3.05) is 0 Å². The minimum atomic E-state index is -0.996. The zero-order valence-electron chi connectivity index (χ0n) is 13.6. The van der Waals surface area contributed by atoms with Crippen LogP contribution in [0.4, 0.5) is 4.39 Å². The average Bonchev–Trinajstić information content (AvgIpc) is 3.32. The number of para-hydroxylation sites is 1. The summed E-state index contributed by atoms with van der Waals surface area (Å²) in [6.07, 6.45) is -0.996. The second kappa shape index (κ2) is 8.07. The van der Waals surface area contributed by atoms with E-state index in [9.17, 15) is 14.0 Å². The van der Waals surface area contributed by atoms with E-state index in [1.54, 1.807) is 11.4 Å². The minimum Gasteiger partial charge on any atom is -0.478 e. The maximum atomic E-state index is 13.5. The molecule has 6 nitrogen and oxygen atoms in total. The predicted octanol–water partition coefficient (Wildman–Crippen LogP) is 3.24. The van der Waals surface area contributed by atoms with Gasteiger partial charge >= 0.3 is 0 Å². The lowest BCUT2D eigenvalue weighted by Gasteiger charge is -2.15.